The van der Waals surface area contributed by atoms with Crippen molar-refractivity contribution in [2.45, 2.75) is 45.7 Å². The Kier molecular flexibility index (Phi) is 3.59. The van der Waals surface area contributed by atoms with Crippen molar-refractivity contribution in [2.75, 3.05) is 13.1 Å². The van der Waals surface area contributed by atoms with Gasteiger partial charge in [0.25, 0.3) is 0 Å². The van der Waals surface area contributed by atoms with Crippen LogP contribution in [0.2, 0.25) is 0 Å². The fourth-order valence-electron chi connectivity index (χ4n) is 3.17. The van der Waals surface area contributed by atoms with Gasteiger partial charge in [0.2, 0.25) is 0 Å². The average Bonchev–Trinajstić information content (AvgIpc) is 2.82. The minimum atomic E-state index is 0.137. The third-order valence-electron chi connectivity index (χ3n) is 4.34. The van der Waals surface area contributed by atoms with E-state index in [1.807, 2.05) is 6.92 Å². The molecule has 2 aliphatic heterocycles. The van der Waals surface area contributed by atoms with Crippen LogP contribution < -0.4 is 5.32 Å². The molecule has 1 aromatic heterocycles. The number of rotatable bonds is 2. The van der Waals surface area contributed by atoms with E-state index < -0.39 is 0 Å². The van der Waals surface area contributed by atoms with E-state index in [1.165, 1.54) is 12.8 Å². The second kappa shape index (κ2) is 5.38. The van der Waals surface area contributed by atoms with Crippen LogP contribution in [0.4, 0.5) is 0 Å². The molecule has 0 saturated carbocycles. The normalized spacial score (nSPS) is 26.9. The summed E-state index contributed by atoms with van der Waals surface area (Å²) in [6.45, 7) is 8.50. The molecule has 0 aromatic carbocycles. The number of nitrogens with one attached hydrogen (secondary N) is 1. The van der Waals surface area contributed by atoms with E-state index in [9.17, 15) is 0 Å². The van der Waals surface area contributed by atoms with E-state index in [1.54, 1.807) is 12.4 Å². The van der Waals surface area contributed by atoms with Crippen LogP contribution in [0.5, 0.6) is 0 Å². The molecule has 5 heteroatoms. The summed E-state index contributed by atoms with van der Waals surface area (Å²) in [4.78, 5) is 15.9. The van der Waals surface area contributed by atoms with Crippen LogP contribution in [0.15, 0.2) is 17.4 Å². The van der Waals surface area contributed by atoms with Crippen LogP contribution in [0.3, 0.4) is 0 Å². The van der Waals surface area contributed by atoms with Gasteiger partial charge < -0.3 is 10.2 Å². The van der Waals surface area contributed by atoms with E-state index in [2.05, 4.69) is 34.0 Å². The number of hydrogen-bond donors (Lipinski definition) is 1. The molecular weight excluding hydrogens is 250 g/mol. The van der Waals surface area contributed by atoms with E-state index in [0.29, 0.717) is 6.04 Å². The summed E-state index contributed by atoms with van der Waals surface area (Å²) in [7, 11) is 0. The van der Waals surface area contributed by atoms with Crippen molar-refractivity contribution in [1.82, 2.24) is 20.2 Å². The summed E-state index contributed by atoms with van der Waals surface area (Å²) < 4.78 is 0. The van der Waals surface area contributed by atoms with Crippen LogP contribution in [0.1, 0.15) is 44.1 Å². The number of piperidine rings is 1. The van der Waals surface area contributed by atoms with E-state index in [0.717, 1.165) is 36.4 Å². The maximum Gasteiger partial charge on any atom is 0.194 e. The summed E-state index contributed by atoms with van der Waals surface area (Å²) in [6.07, 6.45) is 6.07. The second-order valence-electron chi connectivity index (χ2n) is 6.05. The lowest BCUT2D eigenvalue weighted by Gasteiger charge is -2.36. The first-order chi connectivity index (χ1) is 9.65. The van der Waals surface area contributed by atoms with Gasteiger partial charge >= 0.3 is 0 Å². The summed E-state index contributed by atoms with van der Waals surface area (Å²) in [6, 6.07) is 0.738. The zero-order valence-electron chi connectivity index (χ0n) is 12.5. The third-order valence-corrected chi connectivity index (χ3v) is 4.34. The van der Waals surface area contributed by atoms with Crippen molar-refractivity contribution in [2.24, 2.45) is 10.9 Å². The number of guanidine groups is 1. The van der Waals surface area contributed by atoms with Crippen LogP contribution in [-0.2, 0) is 0 Å². The van der Waals surface area contributed by atoms with Crippen LogP contribution in [-0.4, -0.2) is 40.0 Å². The number of nitrogens with zero attached hydrogens (tertiary/aromatic N) is 4. The zero-order valence-corrected chi connectivity index (χ0v) is 12.5. The van der Waals surface area contributed by atoms with Gasteiger partial charge in [-0.2, -0.15) is 0 Å². The fourth-order valence-corrected chi connectivity index (χ4v) is 3.17. The summed E-state index contributed by atoms with van der Waals surface area (Å²) in [5.41, 5.74) is 1.98. The van der Waals surface area contributed by atoms with Crippen molar-refractivity contribution in [3.8, 4) is 0 Å². The molecule has 108 valence electrons. The van der Waals surface area contributed by atoms with Gasteiger partial charge in [0, 0.05) is 18.9 Å². The monoisotopic (exact) mass is 273 g/mol. The highest BCUT2D eigenvalue weighted by Gasteiger charge is 2.33. The van der Waals surface area contributed by atoms with Crippen LogP contribution in [0.25, 0.3) is 0 Å². The Morgan fingerprint density at radius 2 is 2.10 bits per heavy atom. The maximum absolute atomic E-state index is 4.69. The number of hydrogen-bond acceptors (Lipinski definition) is 5. The maximum atomic E-state index is 4.69. The molecule has 3 unspecified atom stereocenters. The molecule has 2 aliphatic rings. The molecule has 0 aliphatic carbocycles. The molecule has 1 saturated heterocycles. The number of fused-ring (bicyclic) bond motifs is 1. The first-order valence-electron chi connectivity index (χ1n) is 7.50. The number of aliphatic imine (C=N–C) groups is 1. The van der Waals surface area contributed by atoms with Crippen molar-refractivity contribution >= 4 is 5.96 Å². The third kappa shape index (κ3) is 2.49. The summed E-state index contributed by atoms with van der Waals surface area (Å²) in [5, 5.41) is 3.53. The van der Waals surface area contributed by atoms with Crippen molar-refractivity contribution < 1.29 is 0 Å². The zero-order chi connectivity index (χ0) is 14.1. The molecule has 1 N–H and O–H groups in total. The first-order valence-corrected chi connectivity index (χ1v) is 7.50. The predicted octanol–water partition coefficient (Wildman–Crippen LogP) is 1.91. The minimum absolute atomic E-state index is 0.137. The highest BCUT2D eigenvalue weighted by molar-refractivity contribution is 5.82. The van der Waals surface area contributed by atoms with Crippen molar-refractivity contribution in [1.29, 1.82) is 0 Å². The molecule has 0 bridgehead atoms. The SMILES string of the molecule is Cc1nccnc1C(C)NC1=NCC2CCC(C)CN12. The van der Waals surface area contributed by atoms with Gasteiger partial charge in [0.05, 0.1) is 30.0 Å². The second-order valence-corrected chi connectivity index (χ2v) is 6.05. The Balaban J connectivity index is 1.70. The lowest BCUT2D eigenvalue weighted by Crippen LogP contribution is -2.48. The minimum Gasteiger partial charge on any atom is -0.348 e. The predicted molar refractivity (Wildman–Crippen MR) is 79.5 cm³/mol. The molecule has 1 fully saturated rings. The van der Waals surface area contributed by atoms with Gasteiger partial charge in [0.15, 0.2) is 5.96 Å². The fraction of sp³-hybridized carbons (Fsp3) is 0.667. The molecule has 3 heterocycles. The van der Waals surface area contributed by atoms with Crippen molar-refractivity contribution in [3.05, 3.63) is 23.8 Å². The lowest BCUT2D eigenvalue weighted by molar-refractivity contribution is 0.210. The molecule has 0 spiro atoms. The smallest absolute Gasteiger partial charge is 0.194 e. The summed E-state index contributed by atoms with van der Waals surface area (Å²) >= 11 is 0. The number of aromatic nitrogens is 2. The molecule has 3 rings (SSSR count). The molecule has 3 atom stereocenters. The van der Waals surface area contributed by atoms with Crippen LogP contribution in [0, 0.1) is 12.8 Å². The van der Waals surface area contributed by atoms with E-state index in [-0.39, 0.29) is 6.04 Å². The molecule has 0 radical (unpaired) electrons. The van der Waals surface area contributed by atoms with Gasteiger partial charge in [-0.3, -0.25) is 15.0 Å². The average molecular weight is 273 g/mol. The van der Waals surface area contributed by atoms with Gasteiger partial charge in [-0.25, -0.2) is 0 Å². The van der Waals surface area contributed by atoms with Gasteiger partial charge in [-0.1, -0.05) is 6.92 Å². The van der Waals surface area contributed by atoms with Gasteiger partial charge in [0.1, 0.15) is 0 Å². The Morgan fingerprint density at radius 1 is 1.30 bits per heavy atom. The molecule has 5 nitrogen and oxygen atoms in total. The quantitative estimate of drug-likeness (QED) is 0.894. The van der Waals surface area contributed by atoms with E-state index >= 15 is 0 Å². The Hall–Kier alpha value is -1.65. The largest absolute Gasteiger partial charge is 0.348 e. The van der Waals surface area contributed by atoms with Gasteiger partial charge in [-0.15, -0.1) is 0 Å². The Morgan fingerprint density at radius 3 is 2.90 bits per heavy atom. The lowest BCUT2D eigenvalue weighted by atomic mass is 9.95. The molecular formula is C15H23N5. The molecule has 1 aromatic rings. The highest BCUT2D eigenvalue weighted by atomic mass is 15.4. The van der Waals surface area contributed by atoms with Crippen molar-refractivity contribution in [3.63, 3.8) is 0 Å². The van der Waals surface area contributed by atoms with Crippen LogP contribution >= 0.6 is 0 Å². The number of aryl methyl sites for hydroxylation is 1. The van der Waals surface area contributed by atoms with Gasteiger partial charge in [-0.05, 0) is 32.6 Å². The molecule has 20 heavy (non-hydrogen) atoms. The summed E-state index contributed by atoms with van der Waals surface area (Å²) in [5.74, 6) is 1.80. The topological polar surface area (TPSA) is 53.4 Å². The Bertz CT molecular complexity index is 513. The van der Waals surface area contributed by atoms with E-state index in [4.69, 9.17) is 4.99 Å². The highest BCUT2D eigenvalue weighted by Crippen LogP contribution is 2.26. The first kappa shape index (κ1) is 13.3. The standard InChI is InChI=1S/C15H23N5/c1-10-4-5-13-8-18-15(20(13)9-10)19-12(3)14-11(2)16-6-7-17-14/h6-7,10,12-13H,4-5,8-9H2,1-3H3,(H,18,19). The molecule has 0 amide bonds. The Labute approximate surface area is 120 Å².